The van der Waals surface area contributed by atoms with Gasteiger partial charge in [0, 0.05) is 20.2 Å². The lowest BCUT2D eigenvalue weighted by Crippen LogP contribution is -1.86. The summed E-state index contributed by atoms with van der Waals surface area (Å²) in [5.74, 6) is 0. The third-order valence-electron chi connectivity index (χ3n) is 4.63. The Kier molecular flexibility index (Phi) is 2.72. The van der Waals surface area contributed by atoms with Gasteiger partial charge in [-0.1, -0.05) is 60.7 Å². The van der Waals surface area contributed by atoms with Crippen LogP contribution in [-0.2, 0) is 6.61 Å². The van der Waals surface area contributed by atoms with Gasteiger partial charge in [0.2, 0.25) is 0 Å². The van der Waals surface area contributed by atoms with Crippen molar-refractivity contribution in [2.45, 2.75) is 6.61 Å². The highest BCUT2D eigenvalue weighted by atomic mass is 32.1. The Labute approximate surface area is 137 Å². The van der Waals surface area contributed by atoms with E-state index in [0.717, 1.165) is 10.9 Å². The predicted octanol–water partition coefficient (Wildman–Crippen LogP) is 5.85. The Hall–Kier alpha value is -2.42. The second-order valence-corrected chi connectivity index (χ2v) is 6.93. The summed E-state index contributed by atoms with van der Waals surface area (Å²) in [4.78, 5) is 0. The van der Waals surface area contributed by atoms with Gasteiger partial charge in [0.15, 0.2) is 0 Å². The van der Waals surface area contributed by atoms with E-state index >= 15 is 0 Å². The monoisotopic (exact) mass is 314 g/mol. The van der Waals surface area contributed by atoms with E-state index in [0.29, 0.717) is 0 Å². The number of aliphatic hydroxyl groups is 1. The van der Waals surface area contributed by atoms with E-state index < -0.39 is 0 Å². The lowest BCUT2D eigenvalue weighted by Gasteiger charge is -2.06. The molecule has 0 saturated heterocycles. The number of hydrogen-bond donors (Lipinski definition) is 1. The van der Waals surface area contributed by atoms with Gasteiger partial charge in [-0.3, -0.25) is 0 Å². The molecule has 23 heavy (non-hydrogen) atoms. The molecule has 0 aliphatic carbocycles. The fourth-order valence-electron chi connectivity index (χ4n) is 3.57. The summed E-state index contributed by atoms with van der Waals surface area (Å²) < 4.78 is 2.58. The molecule has 0 atom stereocenters. The fourth-order valence-corrected chi connectivity index (χ4v) is 4.89. The van der Waals surface area contributed by atoms with Crippen molar-refractivity contribution in [3.8, 4) is 0 Å². The first-order chi connectivity index (χ1) is 11.4. The van der Waals surface area contributed by atoms with Crippen LogP contribution in [0.3, 0.4) is 0 Å². The molecule has 4 aromatic carbocycles. The summed E-state index contributed by atoms with van der Waals surface area (Å²) in [6, 6.07) is 23.5. The number of thiophene rings is 1. The molecule has 0 amide bonds. The van der Waals surface area contributed by atoms with Gasteiger partial charge >= 0.3 is 0 Å². The zero-order valence-electron chi connectivity index (χ0n) is 12.4. The molecule has 0 aliphatic heterocycles. The van der Waals surface area contributed by atoms with Crippen molar-refractivity contribution in [1.82, 2.24) is 0 Å². The molecule has 0 saturated carbocycles. The quantitative estimate of drug-likeness (QED) is 0.411. The molecule has 0 unspecified atom stereocenters. The maximum atomic E-state index is 9.75. The minimum atomic E-state index is 0.0748. The van der Waals surface area contributed by atoms with E-state index in [1.54, 1.807) is 0 Å². The summed E-state index contributed by atoms with van der Waals surface area (Å²) in [5.41, 5.74) is 1.00. The van der Waals surface area contributed by atoms with E-state index in [1.165, 1.54) is 36.3 Å². The largest absolute Gasteiger partial charge is 0.392 e. The van der Waals surface area contributed by atoms with Crippen molar-refractivity contribution in [3.63, 3.8) is 0 Å². The molecule has 0 bridgehead atoms. The van der Waals surface area contributed by atoms with Crippen molar-refractivity contribution >= 4 is 53.1 Å². The van der Waals surface area contributed by atoms with Crippen molar-refractivity contribution in [3.05, 3.63) is 72.3 Å². The second kappa shape index (κ2) is 4.79. The van der Waals surface area contributed by atoms with Gasteiger partial charge < -0.3 is 5.11 Å². The van der Waals surface area contributed by atoms with E-state index in [2.05, 4.69) is 60.7 Å². The van der Waals surface area contributed by atoms with Crippen LogP contribution in [0.5, 0.6) is 0 Å². The molecule has 1 nitrogen and oxygen atoms in total. The lowest BCUT2D eigenvalue weighted by molar-refractivity contribution is 0.283. The Morgan fingerprint density at radius 2 is 1.48 bits per heavy atom. The molecule has 1 aromatic heterocycles. The predicted molar refractivity (Wildman–Crippen MR) is 100 cm³/mol. The smallest absolute Gasteiger partial charge is 0.0688 e. The van der Waals surface area contributed by atoms with Gasteiger partial charge in [-0.05, 0) is 33.2 Å². The van der Waals surface area contributed by atoms with Crippen LogP contribution in [0.4, 0.5) is 0 Å². The molecule has 1 N–H and O–H groups in total. The Morgan fingerprint density at radius 3 is 2.30 bits per heavy atom. The molecular formula is C21H14OS. The van der Waals surface area contributed by atoms with Crippen LogP contribution in [0.15, 0.2) is 66.7 Å². The molecule has 0 aliphatic rings. The number of hydrogen-bond acceptors (Lipinski definition) is 2. The Balaban J connectivity index is 2.08. The Morgan fingerprint density at radius 1 is 0.739 bits per heavy atom. The van der Waals surface area contributed by atoms with Crippen LogP contribution in [0.2, 0.25) is 0 Å². The zero-order chi connectivity index (χ0) is 15.4. The lowest BCUT2D eigenvalue weighted by atomic mass is 9.98. The van der Waals surface area contributed by atoms with Gasteiger partial charge in [-0.2, -0.15) is 0 Å². The number of aliphatic hydroxyl groups excluding tert-OH is 1. The zero-order valence-corrected chi connectivity index (χ0v) is 13.2. The number of benzene rings is 4. The molecule has 110 valence electrons. The van der Waals surface area contributed by atoms with E-state index in [-0.39, 0.29) is 6.61 Å². The van der Waals surface area contributed by atoms with Gasteiger partial charge in [0.05, 0.1) is 6.61 Å². The standard InChI is InChI=1S/C21H14OS/c22-12-14-11-19-20(17-8-4-3-6-15(14)17)18-10-9-13-5-1-2-7-16(13)21(18)23-19/h1-11,22H,12H2. The summed E-state index contributed by atoms with van der Waals surface area (Å²) >= 11 is 1.82. The molecule has 5 aromatic rings. The van der Waals surface area contributed by atoms with Crippen LogP contribution < -0.4 is 0 Å². The van der Waals surface area contributed by atoms with Crippen LogP contribution >= 0.6 is 11.3 Å². The summed E-state index contributed by atoms with van der Waals surface area (Å²) in [7, 11) is 0. The average Bonchev–Trinajstić information content (AvgIpc) is 3.00. The van der Waals surface area contributed by atoms with Gasteiger partial charge in [-0.25, -0.2) is 0 Å². The maximum absolute atomic E-state index is 9.75. The summed E-state index contributed by atoms with van der Waals surface area (Å²) in [5, 5.41) is 17.3. The molecular weight excluding hydrogens is 300 g/mol. The number of fused-ring (bicyclic) bond motifs is 7. The topological polar surface area (TPSA) is 20.2 Å². The summed E-state index contributed by atoms with van der Waals surface area (Å²) in [6.45, 7) is 0.0748. The minimum Gasteiger partial charge on any atom is -0.392 e. The average molecular weight is 314 g/mol. The van der Waals surface area contributed by atoms with Crippen LogP contribution in [0.1, 0.15) is 5.56 Å². The van der Waals surface area contributed by atoms with Crippen molar-refractivity contribution < 1.29 is 5.11 Å². The minimum absolute atomic E-state index is 0.0748. The van der Waals surface area contributed by atoms with Crippen LogP contribution in [0.25, 0.3) is 41.7 Å². The normalized spacial score (nSPS) is 11.9. The summed E-state index contributed by atoms with van der Waals surface area (Å²) in [6.07, 6.45) is 0. The van der Waals surface area contributed by atoms with Gasteiger partial charge in [0.1, 0.15) is 0 Å². The van der Waals surface area contributed by atoms with Crippen molar-refractivity contribution in [2.75, 3.05) is 0 Å². The third-order valence-corrected chi connectivity index (χ3v) is 5.81. The number of rotatable bonds is 1. The van der Waals surface area contributed by atoms with Gasteiger partial charge in [0.25, 0.3) is 0 Å². The Bertz CT molecular complexity index is 1200. The van der Waals surface area contributed by atoms with Crippen molar-refractivity contribution in [2.24, 2.45) is 0 Å². The highest BCUT2D eigenvalue weighted by molar-refractivity contribution is 7.26. The highest BCUT2D eigenvalue weighted by Crippen LogP contribution is 2.42. The molecule has 0 radical (unpaired) electrons. The fraction of sp³-hybridized carbons (Fsp3) is 0.0476. The first kappa shape index (κ1) is 13.1. The first-order valence-electron chi connectivity index (χ1n) is 7.72. The molecule has 5 rings (SSSR count). The van der Waals surface area contributed by atoms with E-state index in [9.17, 15) is 5.11 Å². The second-order valence-electron chi connectivity index (χ2n) is 5.88. The highest BCUT2D eigenvalue weighted by Gasteiger charge is 2.13. The molecule has 1 heterocycles. The van der Waals surface area contributed by atoms with Gasteiger partial charge in [-0.15, -0.1) is 11.3 Å². The van der Waals surface area contributed by atoms with Crippen molar-refractivity contribution in [1.29, 1.82) is 0 Å². The molecule has 2 heteroatoms. The van der Waals surface area contributed by atoms with Crippen LogP contribution in [-0.4, -0.2) is 5.11 Å². The molecule has 0 spiro atoms. The van der Waals surface area contributed by atoms with E-state index in [4.69, 9.17) is 0 Å². The van der Waals surface area contributed by atoms with Crippen LogP contribution in [0, 0.1) is 0 Å². The molecule has 0 fully saturated rings. The maximum Gasteiger partial charge on any atom is 0.0688 e. The first-order valence-corrected chi connectivity index (χ1v) is 8.54. The van der Waals surface area contributed by atoms with E-state index in [1.807, 2.05) is 17.4 Å². The SMILES string of the molecule is OCc1cc2sc3c4ccccc4ccc3c2c2ccccc12. The third kappa shape index (κ3) is 1.76.